The molecule has 4 heteroatoms. The van der Waals surface area contributed by atoms with Crippen molar-refractivity contribution in [1.82, 2.24) is 9.78 Å². The minimum atomic E-state index is -2.47. The number of nitrogens with zero attached hydrogens (tertiary/aromatic N) is 2. The van der Waals surface area contributed by atoms with E-state index < -0.39 is 6.43 Å². The summed E-state index contributed by atoms with van der Waals surface area (Å²) in [4.78, 5) is 0. The monoisotopic (exact) mass is 218 g/mol. The molecule has 1 rings (SSSR count). The summed E-state index contributed by atoms with van der Waals surface area (Å²) in [5.41, 5.74) is 0.578. The van der Waals surface area contributed by atoms with E-state index in [1.807, 2.05) is 34.6 Å². The lowest BCUT2D eigenvalue weighted by molar-refractivity contribution is 0.143. The highest BCUT2D eigenvalue weighted by atomic mass is 19.3. The topological polar surface area (TPSA) is 17.8 Å². The maximum atomic E-state index is 12.5. The van der Waals surface area contributed by atoms with Crippen molar-refractivity contribution >= 4 is 0 Å². The molecule has 15 heavy (non-hydrogen) atoms. The first-order chi connectivity index (χ1) is 7.06. The van der Waals surface area contributed by atoms with Crippen LogP contribution < -0.4 is 0 Å². The van der Waals surface area contributed by atoms with Crippen LogP contribution in [0.4, 0.5) is 8.78 Å². The average Bonchev–Trinajstić information content (AvgIpc) is 2.64. The van der Waals surface area contributed by atoms with Crippen LogP contribution in [-0.2, 0) is 6.54 Å². The molecule has 2 nitrogen and oxygen atoms in total. The summed E-state index contributed by atoms with van der Waals surface area (Å²) >= 11 is 0. The molecule has 0 fully saturated rings. The summed E-state index contributed by atoms with van der Waals surface area (Å²) in [6, 6.07) is 0. The van der Waals surface area contributed by atoms with E-state index >= 15 is 0 Å². The second-order valence-electron chi connectivity index (χ2n) is 3.28. The van der Waals surface area contributed by atoms with Gasteiger partial charge >= 0.3 is 0 Å². The Balaban J connectivity index is 0.000000921. The molecule has 0 bridgehead atoms. The fraction of sp³-hybridized carbons (Fsp3) is 0.727. The zero-order valence-electron chi connectivity index (χ0n) is 10.1. The van der Waals surface area contributed by atoms with Gasteiger partial charge in [-0.25, -0.2) is 8.78 Å². The highest BCUT2D eigenvalue weighted by Crippen LogP contribution is 2.26. The van der Waals surface area contributed by atoms with Gasteiger partial charge in [0.05, 0.1) is 0 Å². The molecule has 0 saturated carbocycles. The van der Waals surface area contributed by atoms with Gasteiger partial charge in [-0.05, 0) is 12.8 Å². The summed E-state index contributed by atoms with van der Waals surface area (Å²) in [6.45, 7) is 10.3. The maximum Gasteiger partial charge on any atom is 0.282 e. The SMILES string of the molecule is CC.CCn1cc(C(C)C)c(C(F)F)n1. The van der Waals surface area contributed by atoms with Crippen LogP contribution in [0, 0.1) is 0 Å². The molecule has 0 unspecified atom stereocenters. The van der Waals surface area contributed by atoms with E-state index in [4.69, 9.17) is 0 Å². The molecule has 0 radical (unpaired) electrons. The smallest absolute Gasteiger partial charge is 0.272 e. The van der Waals surface area contributed by atoms with Crippen molar-refractivity contribution in [2.24, 2.45) is 0 Å². The van der Waals surface area contributed by atoms with Crippen molar-refractivity contribution in [3.63, 3.8) is 0 Å². The fourth-order valence-electron chi connectivity index (χ4n) is 1.23. The first kappa shape index (κ1) is 14.1. The summed E-state index contributed by atoms with van der Waals surface area (Å²) in [7, 11) is 0. The lowest BCUT2D eigenvalue weighted by Gasteiger charge is -2.02. The van der Waals surface area contributed by atoms with Crippen molar-refractivity contribution in [1.29, 1.82) is 0 Å². The molecule has 0 aliphatic heterocycles. The Hall–Kier alpha value is -0.930. The lowest BCUT2D eigenvalue weighted by atomic mass is 10.0. The fourth-order valence-corrected chi connectivity index (χ4v) is 1.23. The minimum Gasteiger partial charge on any atom is -0.272 e. The lowest BCUT2D eigenvalue weighted by Crippen LogP contribution is -1.96. The number of aromatic nitrogens is 2. The van der Waals surface area contributed by atoms with Crippen molar-refractivity contribution < 1.29 is 8.78 Å². The van der Waals surface area contributed by atoms with Crippen LogP contribution in [0.1, 0.15) is 58.2 Å². The maximum absolute atomic E-state index is 12.5. The number of rotatable bonds is 3. The predicted molar refractivity (Wildman–Crippen MR) is 58.3 cm³/mol. The Morgan fingerprint density at radius 3 is 2.13 bits per heavy atom. The van der Waals surface area contributed by atoms with Crippen molar-refractivity contribution in [2.45, 2.75) is 53.5 Å². The molecule has 0 spiro atoms. The summed E-state index contributed by atoms with van der Waals surface area (Å²) in [5, 5.41) is 3.82. The van der Waals surface area contributed by atoms with E-state index in [-0.39, 0.29) is 11.6 Å². The Bertz CT molecular complexity index is 255. The number of halogens is 2. The second kappa shape index (κ2) is 6.53. The zero-order valence-corrected chi connectivity index (χ0v) is 10.1. The van der Waals surface area contributed by atoms with E-state index in [0.717, 1.165) is 0 Å². The molecule has 0 N–H and O–H groups in total. The largest absolute Gasteiger partial charge is 0.282 e. The van der Waals surface area contributed by atoms with Crippen LogP contribution in [0.15, 0.2) is 6.20 Å². The van der Waals surface area contributed by atoms with Gasteiger partial charge in [-0.2, -0.15) is 5.10 Å². The van der Waals surface area contributed by atoms with Gasteiger partial charge in [0.1, 0.15) is 5.69 Å². The molecule has 0 saturated heterocycles. The second-order valence-corrected chi connectivity index (χ2v) is 3.28. The van der Waals surface area contributed by atoms with Gasteiger partial charge in [0, 0.05) is 18.3 Å². The highest BCUT2D eigenvalue weighted by Gasteiger charge is 2.19. The average molecular weight is 218 g/mol. The molecule has 1 heterocycles. The van der Waals surface area contributed by atoms with Crippen molar-refractivity contribution in [3.8, 4) is 0 Å². The molecule has 0 amide bonds. The molecular formula is C11H20F2N2. The number of aryl methyl sites for hydroxylation is 1. The first-order valence-electron chi connectivity index (χ1n) is 5.41. The summed E-state index contributed by atoms with van der Waals surface area (Å²) in [5.74, 6) is 0.101. The zero-order chi connectivity index (χ0) is 12.0. The molecule has 1 aromatic rings. The molecule has 1 aromatic heterocycles. The van der Waals surface area contributed by atoms with E-state index in [0.29, 0.717) is 12.1 Å². The first-order valence-corrected chi connectivity index (χ1v) is 5.41. The normalized spacial score (nSPS) is 10.5. The third-order valence-corrected chi connectivity index (χ3v) is 1.97. The van der Waals surface area contributed by atoms with Gasteiger partial charge in [0.15, 0.2) is 0 Å². The van der Waals surface area contributed by atoms with E-state index in [2.05, 4.69) is 5.10 Å². The van der Waals surface area contributed by atoms with Gasteiger partial charge in [-0.15, -0.1) is 0 Å². The van der Waals surface area contributed by atoms with Crippen LogP contribution in [0.25, 0.3) is 0 Å². The molecule has 0 aliphatic carbocycles. The quantitative estimate of drug-likeness (QED) is 0.750. The Morgan fingerprint density at radius 2 is 1.87 bits per heavy atom. The molecule has 0 aromatic carbocycles. The Kier molecular flexibility index (Phi) is 6.13. The van der Waals surface area contributed by atoms with Crippen LogP contribution in [0.3, 0.4) is 0 Å². The van der Waals surface area contributed by atoms with Gasteiger partial charge < -0.3 is 0 Å². The van der Waals surface area contributed by atoms with Crippen LogP contribution in [0.5, 0.6) is 0 Å². The predicted octanol–water partition coefficient (Wildman–Crippen LogP) is 3.99. The van der Waals surface area contributed by atoms with Gasteiger partial charge in [0.2, 0.25) is 0 Å². The molecule has 0 aliphatic rings. The number of hydrogen-bond acceptors (Lipinski definition) is 1. The third kappa shape index (κ3) is 3.61. The van der Waals surface area contributed by atoms with Crippen LogP contribution in [-0.4, -0.2) is 9.78 Å². The van der Waals surface area contributed by atoms with E-state index in [9.17, 15) is 8.78 Å². The Labute approximate surface area is 90.3 Å². The summed E-state index contributed by atoms with van der Waals surface area (Å²) < 4.78 is 26.5. The van der Waals surface area contributed by atoms with Gasteiger partial charge in [-0.1, -0.05) is 27.7 Å². The van der Waals surface area contributed by atoms with Crippen LogP contribution >= 0.6 is 0 Å². The van der Waals surface area contributed by atoms with E-state index in [1.54, 1.807) is 10.9 Å². The molecular weight excluding hydrogens is 198 g/mol. The number of alkyl halides is 2. The minimum absolute atomic E-state index is 0.0724. The molecule has 88 valence electrons. The van der Waals surface area contributed by atoms with E-state index in [1.165, 1.54) is 0 Å². The molecule has 0 atom stereocenters. The Morgan fingerprint density at radius 1 is 1.33 bits per heavy atom. The van der Waals surface area contributed by atoms with Gasteiger partial charge in [0.25, 0.3) is 6.43 Å². The highest BCUT2D eigenvalue weighted by molar-refractivity contribution is 5.21. The van der Waals surface area contributed by atoms with Crippen LogP contribution in [0.2, 0.25) is 0 Å². The van der Waals surface area contributed by atoms with Crippen molar-refractivity contribution in [2.75, 3.05) is 0 Å². The standard InChI is InChI=1S/C9H14F2N2.C2H6/c1-4-13-5-7(6(2)3)8(12-13)9(10)11;1-2/h5-6,9H,4H2,1-3H3;1-2H3. The van der Waals surface area contributed by atoms with Crippen molar-refractivity contribution in [3.05, 3.63) is 17.5 Å². The van der Waals surface area contributed by atoms with Gasteiger partial charge in [-0.3, -0.25) is 4.68 Å². The summed E-state index contributed by atoms with van der Waals surface area (Å²) in [6.07, 6.45) is -0.767. The third-order valence-electron chi connectivity index (χ3n) is 1.97. The number of hydrogen-bond donors (Lipinski definition) is 0.